The first kappa shape index (κ1) is 15.9. The highest BCUT2D eigenvalue weighted by atomic mass is 15.4. The molecule has 2 saturated carbocycles. The summed E-state index contributed by atoms with van der Waals surface area (Å²) in [6.45, 7) is 2.33. The molecule has 1 aromatic carbocycles. The van der Waals surface area contributed by atoms with Crippen molar-refractivity contribution in [1.29, 1.82) is 0 Å². The Morgan fingerprint density at radius 2 is 1.96 bits per heavy atom. The maximum absolute atomic E-state index is 5.96. The first-order valence-corrected chi connectivity index (χ1v) is 9.48. The first-order chi connectivity index (χ1) is 12.8. The summed E-state index contributed by atoms with van der Waals surface area (Å²) in [6, 6.07) is 8.96. The summed E-state index contributed by atoms with van der Waals surface area (Å²) in [5.74, 6) is 2.69. The van der Waals surface area contributed by atoms with Crippen LogP contribution in [0.15, 0.2) is 24.3 Å². The molecule has 0 aliphatic heterocycles. The van der Waals surface area contributed by atoms with Crippen LogP contribution in [0.25, 0.3) is 11.0 Å². The zero-order valence-corrected chi connectivity index (χ0v) is 14.8. The molecule has 0 amide bonds. The molecule has 0 radical (unpaired) electrons. The molecule has 0 unspecified atom stereocenters. The molecular weight excluding hydrogens is 328 g/mol. The number of nitrogens with zero attached hydrogens (tertiary/aromatic N) is 6. The van der Waals surface area contributed by atoms with Gasteiger partial charge < -0.3 is 15.6 Å². The molecule has 0 bridgehead atoms. The quantitative estimate of drug-likeness (QED) is 0.623. The van der Waals surface area contributed by atoms with Crippen molar-refractivity contribution in [3.8, 4) is 0 Å². The van der Waals surface area contributed by atoms with Crippen LogP contribution in [0.2, 0.25) is 0 Å². The number of benzene rings is 1. The fourth-order valence-corrected chi connectivity index (χ4v) is 3.81. The van der Waals surface area contributed by atoms with Crippen molar-refractivity contribution in [2.75, 3.05) is 6.54 Å². The van der Waals surface area contributed by atoms with Gasteiger partial charge >= 0.3 is 0 Å². The highest BCUT2D eigenvalue weighted by Gasteiger charge is 2.36. The number of nitrogens with one attached hydrogen (secondary N) is 1. The number of hydrogen-bond donors (Lipinski definition) is 2. The van der Waals surface area contributed by atoms with Crippen molar-refractivity contribution in [3.63, 3.8) is 0 Å². The molecule has 0 saturated heterocycles. The van der Waals surface area contributed by atoms with Gasteiger partial charge in [-0.3, -0.25) is 0 Å². The summed E-state index contributed by atoms with van der Waals surface area (Å²) < 4.78 is 4.31. The van der Waals surface area contributed by atoms with E-state index in [1.807, 2.05) is 22.9 Å². The van der Waals surface area contributed by atoms with Crippen molar-refractivity contribution < 1.29 is 0 Å². The zero-order valence-electron chi connectivity index (χ0n) is 14.8. The van der Waals surface area contributed by atoms with Gasteiger partial charge in [-0.1, -0.05) is 17.3 Å². The number of hydrogen-bond acceptors (Lipinski definition) is 6. The van der Waals surface area contributed by atoms with Crippen LogP contribution in [0.1, 0.15) is 49.3 Å². The number of aromatic nitrogens is 6. The number of rotatable bonds is 7. The lowest BCUT2D eigenvalue weighted by Crippen LogP contribution is -2.36. The lowest BCUT2D eigenvalue weighted by molar-refractivity contribution is 0.327. The highest BCUT2D eigenvalue weighted by Crippen LogP contribution is 2.42. The van der Waals surface area contributed by atoms with Crippen LogP contribution in [0.3, 0.4) is 0 Å². The molecule has 2 aromatic heterocycles. The van der Waals surface area contributed by atoms with Gasteiger partial charge in [0.15, 0.2) is 0 Å². The van der Waals surface area contributed by atoms with E-state index < -0.39 is 0 Å². The topological polar surface area (TPSA) is 99.5 Å². The summed E-state index contributed by atoms with van der Waals surface area (Å²) >= 11 is 0. The second kappa shape index (κ2) is 6.44. The molecule has 8 heteroatoms. The Kier molecular flexibility index (Phi) is 3.94. The third-order valence-electron chi connectivity index (χ3n) is 5.45. The van der Waals surface area contributed by atoms with Crippen molar-refractivity contribution in [3.05, 3.63) is 35.9 Å². The van der Waals surface area contributed by atoms with E-state index in [0.29, 0.717) is 18.0 Å². The van der Waals surface area contributed by atoms with Crippen LogP contribution < -0.4 is 11.1 Å². The minimum atomic E-state index is 0.337. The Bertz CT molecular complexity index is 903. The van der Waals surface area contributed by atoms with Crippen LogP contribution >= 0.6 is 0 Å². The van der Waals surface area contributed by atoms with Crippen LogP contribution in [0, 0.1) is 0 Å². The van der Waals surface area contributed by atoms with Gasteiger partial charge in [-0.05, 0) is 37.8 Å². The van der Waals surface area contributed by atoms with E-state index in [0.717, 1.165) is 55.2 Å². The number of fused-ring (bicyclic) bond motifs is 1. The van der Waals surface area contributed by atoms with Crippen LogP contribution in [-0.4, -0.2) is 42.3 Å². The minimum absolute atomic E-state index is 0.337. The summed E-state index contributed by atoms with van der Waals surface area (Å²) in [5, 5.41) is 20.9. The fraction of sp³-hybridized carbons (Fsp3) is 0.556. The minimum Gasteiger partial charge on any atom is -0.328 e. The predicted molar refractivity (Wildman–Crippen MR) is 97.5 cm³/mol. The second-order valence-electron chi connectivity index (χ2n) is 7.48. The van der Waals surface area contributed by atoms with Gasteiger partial charge in [0.05, 0.1) is 18.6 Å². The largest absolute Gasteiger partial charge is 0.328 e. The van der Waals surface area contributed by atoms with E-state index >= 15 is 0 Å². The number of nitrogens with two attached hydrogens (primary N) is 1. The first-order valence-electron chi connectivity index (χ1n) is 9.48. The average Bonchev–Trinajstić information content (AvgIpc) is 3.25. The monoisotopic (exact) mass is 352 g/mol. The fourth-order valence-electron chi connectivity index (χ4n) is 3.81. The third kappa shape index (κ3) is 2.89. The van der Waals surface area contributed by atoms with Gasteiger partial charge in [-0.25, -0.2) is 4.68 Å². The van der Waals surface area contributed by atoms with Crippen molar-refractivity contribution in [2.24, 2.45) is 5.73 Å². The molecule has 2 fully saturated rings. The normalized spacial score (nSPS) is 22.7. The molecular formula is C18H24N8. The van der Waals surface area contributed by atoms with Gasteiger partial charge in [0.25, 0.3) is 0 Å². The van der Waals surface area contributed by atoms with E-state index in [2.05, 4.69) is 36.5 Å². The third-order valence-corrected chi connectivity index (χ3v) is 5.45. The Morgan fingerprint density at radius 1 is 1.12 bits per heavy atom. The zero-order chi connectivity index (χ0) is 17.5. The maximum Gasteiger partial charge on any atom is 0.147 e. The molecule has 0 spiro atoms. The maximum atomic E-state index is 5.96. The van der Waals surface area contributed by atoms with E-state index in [4.69, 9.17) is 5.73 Å². The van der Waals surface area contributed by atoms with Gasteiger partial charge in [0.2, 0.25) is 0 Å². The van der Waals surface area contributed by atoms with E-state index in [1.54, 1.807) is 0 Å². The van der Waals surface area contributed by atoms with Gasteiger partial charge in [0.1, 0.15) is 17.2 Å². The Balaban J connectivity index is 1.22. The van der Waals surface area contributed by atoms with Crippen LogP contribution in [-0.2, 0) is 13.1 Å². The van der Waals surface area contributed by atoms with Crippen molar-refractivity contribution in [1.82, 2.24) is 35.1 Å². The summed E-state index contributed by atoms with van der Waals surface area (Å²) in [6.07, 6.45) is 4.55. The molecule has 26 heavy (non-hydrogen) atoms. The predicted octanol–water partition coefficient (Wildman–Crippen LogP) is 1.35. The number of para-hydroxylation sites is 1. The molecule has 2 aliphatic rings. The molecule has 3 aromatic rings. The molecule has 3 N–H and O–H groups in total. The Hall–Kier alpha value is -2.32. The standard InChI is InChI=1S/C18H24N8/c19-13-9-12(10-13)18-23-22-17(26(18)14-5-6-14)11-20-7-8-25-16-4-2-1-3-15(16)21-24-25/h1-4,12-14,20H,5-11,19H2. The SMILES string of the molecule is NC1CC(c2nnc(CNCCn3nnc4ccccc43)n2C2CC2)C1. The molecule has 136 valence electrons. The van der Waals surface area contributed by atoms with E-state index in [1.165, 1.54) is 12.8 Å². The van der Waals surface area contributed by atoms with Gasteiger partial charge in [-0.2, -0.15) is 0 Å². The van der Waals surface area contributed by atoms with E-state index in [-0.39, 0.29) is 0 Å². The average molecular weight is 352 g/mol. The molecule has 8 nitrogen and oxygen atoms in total. The molecule has 2 aliphatic carbocycles. The lowest BCUT2D eigenvalue weighted by Gasteiger charge is -2.31. The molecule has 0 atom stereocenters. The highest BCUT2D eigenvalue weighted by molar-refractivity contribution is 5.73. The van der Waals surface area contributed by atoms with Gasteiger partial charge in [-0.15, -0.1) is 15.3 Å². The van der Waals surface area contributed by atoms with Crippen molar-refractivity contribution in [2.45, 2.75) is 56.8 Å². The Morgan fingerprint density at radius 3 is 2.77 bits per heavy atom. The summed E-state index contributed by atoms with van der Waals surface area (Å²) in [7, 11) is 0. The Labute approximate surface area is 151 Å². The van der Waals surface area contributed by atoms with Crippen LogP contribution in [0.4, 0.5) is 0 Å². The second-order valence-corrected chi connectivity index (χ2v) is 7.48. The molecule has 5 rings (SSSR count). The summed E-state index contributed by atoms with van der Waals surface area (Å²) in [5.41, 5.74) is 7.96. The smallest absolute Gasteiger partial charge is 0.147 e. The summed E-state index contributed by atoms with van der Waals surface area (Å²) in [4.78, 5) is 0. The van der Waals surface area contributed by atoms with E-state index in [9.17, 15) is 0 Å². The van der Waals surface area contributed by atoms with Gasteiger partial charge in [0, 0.05) is 24.5 Å². The molecule has 2 heterocycles. The van der Waals surface area contributed by atoms with Crippen LogP contribution in [0.5, 0.6) is 0 Å². The lowest BCUT2D eigenvalue weighted by atomic mass is 9.80. The van der Waals surface area contributed by atoms with Crippen molar-refractivity contribution >= 4 is 11.0 Å².